The summed E-state index contributed by atoms with van der Waals surface area (Å²) in [5.41, 5.74) is 17.6. The maximum absolute atomic E-state index is 13.7. The fourth-order valence-corrected chi connectivity index (χ4v) is 19.2. The number of nitrogens with zero attached hydrogens (tertiary/aromatic N) is 20. The molecule has 12 unspecified atom stereocenters. The fourth-order valence-electron chi connectivity index (χ4n) is 19.2. The number of nitrogens with one attached hydrogen (secondary N) is 4. The number of piperidine rings is 4. The van der Waals surface area contributed by atoms with Gasteiger partial charge in [0.2, 0.25) is 0 Å². The van der Waals surface area contributed by atoms with Crippen LogP contribution in [0.25, 0.3) is 45.4 Å². The molecule has 16 heterocycles. The minimum Gasteiger partial charge on any atom is -0.364 e. The van der Waals surface area contributed by atoms with Crippen LogP contribution in [0, 0.1) is 92.9 Å². The summed E-state index contributed by atoms with van der Waals surface area (Å²) >= 11 is 0. The highest BCUT2D eigenvalue weighted by atomic mass is 16.2. The molecule has 20 rings (SSSR count). The van der Waals surface area contributed by atoms with Crippen LogP contribution in [0.2, 0.25) is 0 Å². The van der Waals surface area contributed by atoms with Gasteiger partial charge in [-0.3, -0.25) is 79.0 Å². The van der Waals surface area contributed by atoms with Gasteiger partial charge in [0.15, 0.2) is 0 Å². The van der Waals surface area contributed by atoms with Gasteiger partial charge in [-0.05, 0) is 239 Å². The van der Waals surface area contributed by atoms with Crippen molar-refractivity contribution >= 4 is 46.9 Å². The van der Waals surface area contributed by atoms with Gasteiger partial charge in [-0.15, -0.1) is 0 Å². The molecule has 4 amide bonds. The van der Waals surface area contributed by atoms with Crippen LogP contribution < -0.4 is 21.3 Å². The topological polar surface area (TPSA) is 336 Å². The Balaban J connectivity index is 0.000000116. The summed E-state index contributed by atoms with van der Waals surface area (Å²) in [6.07, 6.45) is 34.6. The summed E-state index contributed by atoms with van der Waals surface area (Å²) in [6, 6.07) is 30.1. The van der Waals surface area contributed by atoms with E-state index in [1.54, 1.807) is 93.0 Å². The normalized spacial score (nSPS) is 22.2. The van der Waals surface area contributed by atoms with E-state index in [1.165, 1.54) is 0 Å². The van der Waals surface area contributed by atoms with Crippen LogP contribution >= 0.6 is 0 Å². The number of hydrogen-bond acceptors (Lipinski definition) is 24. The van der Waals surface area contributed by atoms with E-state index in [9.17, 15) is 19.2 Å². The van der Waals surface area contributed by atoms with E-state index in [0.29, 0.717) is 68.8 Å². The molecule has 4 N–H and O–H groups in total. The molecule has 12 aromatic heterocycles. The second-order valence-corrected chi connectivity index (χ2v) is 33.9. The predicted molar refractivity (Wildman–Crippen MR) is 465 cm³/mol. The third kappa shape index (κ3) is 17.4. The molecule has 620 valence electrons. The number of amides is 4. The van der Waals surface area contributed by atoms with Gasteiger partial charge in [-0.2, -0.15) is 0 Å². The van der Waals surface area contributed by atoms with Gasteiger partial charge in [-0.1, -0.05) is 24.3 Å². The quantitative estimate of drug-likeness (QED) is 0.0698. The highest BCUT2D eigenvalue weighted by molar-refractivity contribution is 6.03. The molecule has 28 nitrogen and oxygen atoms in total. The van der Waals surface area contributed by atoms with Crippen LogP contribution in [0.3, 0.4) is 0 Å². The first kappa shape index (κ1) is 81.0. The van der Waals surface area contributed by atoms with Gasteiger partial charge >= 0.3 is 0 Å². The Morgan fingerprint density at radius 1 is 0.295 bits per heavy atom. The lowest BCUT2D eigenvalue weighted by molar-refractivity contribution is 0.0681. The predicted octanol–water partition coefficient (Wildman–Crippen LogP) is 13.7. The van der Waals surface area contributed by atoms with Crippen molar-refractivity contribution in [2.24, 2.45) is 23.7 Å². The molecule has 8 bridgehead atoms. The summed E-state index contributed by atoms with van der Waals surface area (Å²) in [5, 5.41) is 14.0. The van der Waals surface area contributed by atoms with Crippen molar-refractivity contribution in [3.05, 3.63) is 263 Å². The van der Waals surface area contributed by atoms with Crippen LogP contribution in [0.1, 0.15) is 149 Å². The minimum atomic E-state index is -0.0194. The maximum atomic E-state index is 13.7. The van der Waals surface area contributed by atoms with Gasteiger partial charge < -0.3 is 40.9 Å². The Hall–Kier alpha value is -13.4. The van der Waals surface area contributed by atoms with Crippen LogP contribution in [0.4, 0.5) is 23.3 Å². The Kier molecular flexibility index (Phi) is 23.3. The molecule has 8 aliphatic rings. The van der Waals surface area contributed by atoms with E-state index < -0.39 is 0 Å². The number of rotatable bonds is 16. The third-order valence-corrected chi connectivity index (χ3v) is 24.9. The zero-order valence-corrected chi connectivity index (χ0v) is 70.3. The monoisotopic (exact) mass is 1630 g/mol. The third-order valence-electron chi connectivity index (χ3n) is 24.9. The summed E-state index contributed by atoms with van der Waals surface area (Å²) in [5.74, 6) is 5.12. The molecule has 28 heteroatoms. The SMILES string of the molecule is Cc1cnc(-c2ncccc2C)c(C(=O)N2CC3CC(Nc4cnc(C)cn4)C2C3)c1.Cc1cnc(C(=O)N2CC3CC(Nc4cnc(C)cn4)C2C3)c(-c2ncccc2C)c1.Cc1cnc(NC2CC3CC2N(C(=O)c2ccc(C)nc2-c2ncccc2C)C3)cn1.Cc1cnc(NC2CC3CC2N(C(=O)c2cccnc2-c2ccccn2)C3)cn1. The van der Waals surface area contributed by atoms with Gasteiger partial charge in [-0.25, -0.2) is 19.9 Å². The molecule has 4 aliphatic heterocycles. The first-order chi connectivity index (χ1) is 59.2. The van der Waals surface area contributed by atoms with Crippen LogP contribution in [0.15, 0.2) is 184 Å². The average molecular weight is 1630 g/mol. The van der Waals surface area contributed by atoms with Gasteiger partial charge in [0.25, 0.3) is 23.6 Å². The number of aromatic nitrogens is 16. The molecule has 4 saturated carbocycles. The van der Waals surface area contributed by atoms with Crippen LogP contribution in [-0.4, -0.2) is 197 Å². The van der Waals surface area contributed by atoms with Gasteiger partial charge in [0.05, 0.1) is 136 Å². The van der Waals surface area contributed by atoms with Gasteiger partial charge in [0.1, 0.15) is 46.0 Å². The molecule has 4 aliphatic carbocycles. The van der Waals surface area contributed by atoms with E-state index in [1.807, 2.05) is 180 Å². The van der Waals surface area contributed by atoms with E-state index in [4.69, 9.17) is 4.98 Å². The van der Waals surface area contributed by atoms with Crippen molar-refractivity contribution < 1.29 is 19.2 Å². The molecule has 12 aromatic rings. The molecule has 0 radical (unpaired) electrons. The molecule has 0 aromatic carbocycles. The Labute approximate surface area is 709 Å². The molecule has 122 heavy (non-hydrogen) atoms. The summed E-state index contributed by atoms with van der Waals surface area (Å²) < 4.78 is 0. The Morgan fingerprint density at radius 2 is 0.672 bits per heavy atom. The molecular weight excluding hydrogens is 1530 g/mol. The lowest BCUT2D eigenvalue weighted by Gasteiger charge is -2.34. The number of carbonyl (C=O) groups is 4. The molecule has 0 spiro atoms. The molecular formula is C94H100N24O4. The maximum Gasteiger partial charge on any atom is 0.273 e. The number of fused-ring (bicyclic) bond motifs is 8. The van der Waals surface area contributed by atoms with Crippen molar-refractivity contribution in [3.8, 4) is 45.4 Å². The standard InChI is InChI=1S/3C24H26N6O.C22H22N6O/c1-14-5-4-8-25-22(14)23-18(7-6-15(2)28-23)24(31)30-13-17-9-19(20(30)10-17)29-21-12-26-16(3)11-27-21;1-14-7-18(23(28-10-14)22-15(2)5-4-6-25-22)24(31)30-13-17-8-19(20(30)9-17)29-21-12-26-16(3)11-27-21;1-14-7-18(22-15(2)5-4-6-25-22)23(28-10-14)24(31)30-13-17-8-19(20(30)9-17)29-21-12-26-16(3)11-27-21;1-14-11-26-20(12-25-14)27-18-9-15-10-19(18)28(13-15)22(29)16-5-4-8-24-21(16)17-6-2-3-7-23-17/h4-8,11-12,17,19-20H,9-10,13H2,1-3H3,(H,27,29);2*4-7,10-12,17,19-20H,8-9,13H2,1-3H3,(H,27,29);2-8,11-12,15,18-19H,9-10,13H2,1H3,(H,26,27). The molecule has 8 fully saturated rings. The first-order valence-corrected chi connectivity index (χ1v) is 42.1. The van der Waals surface area contributed by atoms with Crippen molar-refractivity contribution in [2.45, 2.75) is 169 Å². The van der Waals surface area contributed by atoms with Crippen molar-refractivity contribution in [2.75, 3.05) is 47.4 Å². The highest BCUT2D eigenvalue weighted by Crippen LogP contribution is 2.45. The lowest BCUT2D eigenvalue weighted by atomic mass is 10.0. The second-order valence-electron chi connectivity index (χ2n) is 33.9. The molecule has 12 atom stereocenters. The smallest absolute Gasteiger partial charge is 0.273 e. The average Bonchev–Trinajstić information content (AvgIpc) is 1.64. The van der Waals surface area contributed by atoms with E-state index in [-0.39, 0.29) is 72.0 Å². The zero-order valence-electron chi connectivity index (χ0n) is 70.3. The zero-order chi connectivity index (χ0) is 84.4. The van der Waals surface area contributed by atoms with E-state index in [0.717, 1.165) is 180 Å². The van der Waals surface area contributed by atoms with E-state index >= 15 is 0 Å². The van der Waals surface area contributed by atoms with Gasteiger partial charge in [0, 0.05) is 105 Å². The number of pyridine rings is 8. The number of aryl methyl sites for hydroxylation is 10. The van der Waals surface area contributed by atoms with Crippen molar-refractivity contribution in [1.82, 2.24) is 99.3 Å². The number of likely N-dealkylation sites (tertiary alicyclic amines) is 4. The summed E-state index contributed by atoms with van der Waals surface area (Å²) in [6.45, 7) is 22.7. The number of anilines is 4. The Morgan fingerprint density at radius 3 is 1.08 bits per heavy atom. The lowest BCUT2D eigenvalue weighted by Crippen LogP contribution is -2.48. The number of carbonyl (C=O) groups excluding carboxylic acids is 4. The first-order valence-electron chi connectivity index (χ1n) is 42.1. The highest BCUT2D eigenvalue weighted by Gasteiger charge is 2.52. The van der Waals surface area contributed by atoms with Crippen LogP contribution in [-0.2, 0) is 0 Å². The fraction of sp³-hybridized carbons (Fsp3) is 0.362. The van der Waals surface area contributed by atoms with Crippen molar-refractivity contribution in [3.63, 3.8) is 0 Å². The van der Waals surface area contributed by atoms with E-state index in [2.05, 4.69) is 96.0 Å². The Bertz CT molecular complexity index is 5650. The molecule has 4 saturated heterocycles. The summed E-state index contributed by atoms with van der Waals surface area (Å²) in [4.78, 5) is 134. The second kappa shape index (κ2) is 35.1. The number of hydrogen-bond donors (Lipinski definition) is 4. The summed E-state index contributed by atoms with van der Waals surface area (Å²) in [7, 11) is 0. The van der Waals surface area contributed by atoms with Crippen LogP contribution in [0.5, 0.6) is 0 Å². The minimum absolute atomic E-state index is 0.0194. The van der Waals surface area contributed by atoms with Crippen molar-refractivity contribution in [1.29, 1.82) is 0 Å². The largest absolute Gasteiger partial charge is 0.364 e.